The normalized spacial score (nSPS) is 18.1. The van der Waals surface area contributed by atoms with Gasteiger partial charge < -0.3 is 5.73 Å². The summed E-state index contributed by atoms with van der Waals surface area (Å²) in [5.74, 6) is 0. The van der Waals surface area contributed by atoms with Gasteiger partial charge in [-0.3, -0.25) is 5.43 Å². The zero-order valence-electron chi connectivity index (χ0n) is 5.93. The molecule has 11 heavy (non-hydrogen) atoms. The van der Waals surface area contributed by atoms with Crippen LogP contribution in [0.1, 0.15) is 13.3 Å². The molecule has 0 amide bonds. The van der Waals surface area contributed by atoms with Crippen LogP contribution in [0, 0.1) is 0 Å². The number of allylic oxidation sites excluding steroid dienone is 2. The van der Waals surface area contributed by atoms with Crippen LogP contribution in [0.2, 0.25) is 0 Å². The highest BCUT2D eigenvalue weighted by atomic mass is 35.5. The molecular formula is C5H8Cl2N4. The second-order valence-corrected chi connectivity index (χ2v) is 2.69. The highest BCUT2D eigenvalue weighted by Gasteiger charge is 2.14. The Morgan fingerprint density at radius 3 is 2.91 bits per heavy atom. The Balaban J connectivity index is 2.90. The van der Waals surface area contributed by atoms with Crippen molar-refractivity contribution in [3.05, 3.63) is 11.4 Å². The van der Waals surface area contributed by atoms with E-state index in [4.69, 9.17) is 29.1 Å². The molecule has 0 unspecified atom stereocenters. The molecule has 3 N–H and O–H groups in total. The van der Waals surface area contributed by atoms with Gasteiger partial charge in [0.25, 0.3) is 0 Å². The summed E-state index contributed by atoms with van der Waals surface area (Å²) in [5.41, 5.74) is 9.52. The van der Waals surface area contributed by atoms with Gasteiger partial charge in [-0.05, 0) is 6.42 Å². The maximum Gasteiger partial charge on any atom is 0.177 e. The van der Waals surface area contributed by atoms with Gasteiger partial charge in [-0.15, -0.1) is 9.74 Å². The Labute approximate surface area is 74.7 Å². The summed E-state index contributed by atoms with van der Waals surface area (Å²) in [6.07, 6.45) is 0.737. The second kappa shape index (κ2) is 3.19. The van der Waals surface area contributed by atoms with Gasteiger partial charge in [-0.1, -0.05) is 18.5 Å². The monoisotopic (exact) mass is 194 g/mol. The first-order valence-corrected chi connectivity index (χ1v) is 3.82. The van der Waals surface area contributed by atoms with E-state index in [1.165, 1.54) is 0 Å². The van der Waals surface area contributed by atoms with E-state index in [0.29, 0.717) is 5.70 Å². The van der Waals surface area contributed by atoms with Crippen molar-refractivity contribution in [3.63, 3.8) is 0 Å². The molecule has 0 saturated heterocycles. The summed E-state index contributed by atoms with van der Waals surface area (Å²) in [6.45, 7) is 1.94. The van der Waals surface area contributed by atoms with Crippen LogP contribution < -0.4 is 11.2 Å². The highest BCUT2D eigenvalue weighted by molar-refractivity contribution is 6.69. The van der Waals surface area contributed by atoms with Gasteiger partial charge in [-0.25, -0.2) is 0 Å². The molecule has 0 radical (unpaired) electrons. The molecule has 0 spiro atoms. The van der Waals surface area contributed by atoms with Crippen molar-refractivity contribution < 1.29 is 0 Å². The summed E-state index contributed by atoms with van der Waals surface area (Å²) < 4.78 is 1.01. The van der Waals surface area contributed by atoms with E-state index in [-0.39, 0.29) is 5.17 Å². The molecule has 0 aromatic rings. The maximum absolute atomic E-state index is 5.64. The molecular weight excluding hydrogens is 187 g/mol. The zero-order chi connectivity index (χ0) is 8.43. The Morgan fingerprint density at radius 2 is 2.36 bits per heavy atom. The Hall–Kier alpha value is -0.610. The van der Waals surface area contributed by atoms with Crippen molar-refractivity contribution in [2.24, 2.45) is 10.8 Å². The molecule has 62 valence electrons. The van der Waals surface area contributed by atoms with Crippen molar-refractivity contribution in [1.82, 2.24) is 10.1 Å². The van der Waals surface area contributed by atoms with Gasteiger partial charge in [0.05, 0.1) is 23.2 Å². The van der Waals surface area contributed by atoms with Crippen LogP contribution in [-0.2, 0) is 0 Å². The third-order valence-corrected chi connectivity index (χ3v) is 1.74. The molecule has 1 heterocycles. The lowest BCUT2D eigenvalue weighted by molar-refractivity contribution is 0.384. The van der Waals surface area contributed by atoms with E-state index in [0.717, 1.165) is 16.8 Å². The quantitative estimate of drug-likeness (QED) is 0.616. The minimum atomic E-state index is 0.218. The first kappa shape index (κ1) is 8.49. The average molecular weight is 195 g/mol. The fourth-order valence-electron chi connectivity index (χ4n) is 0.722. The fourth-order valence-corrected chi connectivity index (χ4v) is 1.13. The summed E-state index contributed by atoms with van der Waals surface area (Å²) in [7, 11) is 0. The van der Waals surface area contributed by atoms with Crippen LogP contribution in [0.3, 0.4) is 0 Å². The predicted octanol–water partition coefficient (Wildman–Crippen LogP) is 1.09. The lowest BCUT2D eigenvalue weighted by Gasteiger charge is -2.21. The summed E-state index contributed by atoms with van der Waals surface area (Å²) in [5, 5.41) is 3.87. The van der Waals surface area contributed by atoms with E-state index in [2.05, 4.69) is 10.5 Å². The van der Waals surface area contributed by atoms with Crippen molar-refractivity contribution >= 4 is 28.5 Å². The van der Waals surface area contributed by atoms with E-state index < -0.39 is 0 Å². The molecule has 4 nitrogen and oxygen atoms in total. The largest absolute Gasteiger partial charge is 0.395 e. The van der Waals surface area contributed by atoms with E-state index >= 15 is 0 Å². The number of hydrazone groups is 1. The molecule has 0 bridgehead atoms. The van der Waals surface area contributed by atoms with E-state index in [1.54, 1.807) is 0 Å². The number of halogens is 2. The molecule has 1 rings (SSSR count). The second-order valence-electron chi connectivity index (χ2n) is 2.01. The molecule has 0 fully saturated rings. The number of hydrogen-bond acceptors (Lipinski definition) is 4. The zero-order valence-corrected chi connectivity index (χ0v) is 7.45. The van der Waals surface area contributed by atoms with Gasteiger partial charge in [-0.2, -0.15) is 0 Å². The minimum absolute atomic E-state index is 0.218. The van der Waals surface area contributed by atoms with Gasteiger partial charge in [0.1, 0.15) is 0 Å². The Morgan fingerprint density at radius 1 is 1.73 bits per heavy atom. The standard InChI is InChI=1S/C5H8Cl2N4/c1-2-3-4(8)5(6)10-11(7)9-3/h9H,2,8H2,1H3. The van der Waals surface area contributed by atoms with Gasteiger partial charge in [0.2, 0.25) is 0 Å². The van der Waals surface area contributed by atoms with Crippen LogP contribution >= 0.6 is 23.4 Å². The van der Waals surface area contributed by atoms with Gasteiger partial charge in [0, 0.05) is 0 Å². The number of nitrogens with zero attached hydrogens (tertiary/aromatic N) is 2. The molecule has 1 aliphatic heterocycles. The topological polar surface area (TPSA) is 53.6 Å². The summed E-state index contributed by atoms with van der Waals surface area (Å²) in [6, 6.07) is 0. The molecule has 0 saturated carbocycles. The van der Waals surface area contributed by atoms with Crippen LogP contribution in [-0.4, -0.2) is 9.81 Å². The number of nitrogens with two attached hydrogens (primary N) is 1. The minimum Gasteiger partial charge on any atom is -0.395 e. The molecule has 0 aliphatic carbocycles. The van der Waals surface area contributed by atoms with Crippen molar-refractivity contribution in [3.8, 4) is 0 Å². The average Bonchev–Trinajstić information content (AvgIpc) is 1.96. The van der Waals surface area contributed by atoms with Crippen molar-refractivity contribution in [1.29, 1.82) is 0 Å². The lowest BCUT2D eigenvalue weighted by atomic mass is 10.3. The lowest BCUT2D eigenvalue weighted by Crippen LogP contribution is -2.33. The highest BCUT2D eigenvalue weighted by Crippen LogP contribution is 2.13. The van der Waals surface area contributed by atoms with E-state index in [9.17, 15) is 0 Å². The first-order valence-electron chi connectivity index (χ1n) is 3.10. The maximum atomic E-state index is 5.64. The van der Waals surface area contributed by atoms with Gasteiger partial charge in [0.15, 0.2) is 5.17 Å². The van der Waals surface area contributed by atoms with Crippen LogP contribution in [0.15, 0.2) is 16.5 Å². The van der Waals surface area contributed by atoms with Gasteiger partial charge >= 0.3 is 0 Å². The number of hydrazine groups is 1. The first-order chi connectivity index (χ1) is 5.15. The van der Waals surface area contributed by atoms with Crippen molar-refractivity contribution in [2.75, 3.05) is 0 Å². The number of rotatable bonds is 1. The van der Waals surface area contributed by atoms with Crippen LogP contribution in [0.4, 0.5) is 0 Å². The smallest absolute Gasteiger partial charge is 0.177 e. The SMILES string of the molecule is CCC1=C(N)C(Cl)=NN(Cl)N1. The third kappa shape index (κ3) is 1.70. The summed E-state index contributed by atoms with van der Waals surface area (Å²) >= 11 is 11.1. The number of nitrogens with one attached hydrogen (secondary N) is 1. The molecule has 0 aromatic carbocycles. The number of hydrogen-bond donors (Lipinski definition) is 2. The molecule has 0 atom stereocenters. The van der Waals surface area contributed by atoms with Crippen LogP contribution in [0.25, 0.3) is 0 Å². The Kier molecular flexibility index (Phi) is 2.46. The predicted molar refractivity (Wildman–Crippen MR) is 45.6 cm³/mol. The Bertz CT molecular complexity index is 223. The van der Waals surface area contributed by atoms with E-state index in [1.807, 2.05) is 6.92 Å². The molecule has 1 aliphatic rings. The molecule has 0 aromatic heterocycles. The third-order valence-electron chi connectivity index (χ3n) is 1.30. The molecule has 6 heteroatoms. The van der Waals surface area contributed by atoms with Crippen LogP contribution in [0.5, 0.6) is 0 Å². The fraction of sp³-hybridized carbons (Fsp3) is 0.400. The van der Waals surface area contributed by atoms with Crippen molar-refractivity contribution in [2.45, 2.75) is 13.3 Å². The summed E-state index contributed by atoms with van der Waals surface area (Å²) in [4.78, 5) is 0.